The standard InChI is InChI=1S/C13H15N5S/c1-8-4-5-14-6-10(8)7-18-12-11(15-13(18)19)9(2)16-17(12)3/h4-6H,7H2,1-3H3,(H,15,19). The first-order valence-corrected chi connectivity index (χ1v) is 6.50. The zero-order valence-corrected chi connectivity index (χ0v) is 12.0. The molecule has 1 N–H and O–H groups in total. The van der Waals surface area contributed by atoms with Crippen LogP contribution in [-0.2, 0) is 13.6 Å². The minimum Gasteiger partial charge on any atom is -0.328 e. The van der Waals surface area contributed by atoms with Crippen molar-refractivity contribution in [3.63, 3.8) is 0 Å². The van der Waals surface area contributed by atoms with Crippen LogP contribution >= 0.6 is 12.2 Å². The zero-order valence-electron chi connectivity index (χ0n) is 11.1. The second-order valence-electron chi connectivity index (χ2n) is 4.73. The van der Waals surface area contributed by atoms with Crippen LogP contribution in [0.25, 0.3) is 11.2 Å². The van der Waals surface area contributed by atoms with E-state index >= 15 is 0 Å². The van der Waals surface area contributed by atoms with Crippen LogP contribution in [0.5, 0.6) is 0 Å². The van der Waals surface area contributed by atoms with Gasteiger partial charge in [0.25, 0.3) is 0 Å². The van der Waals surface area contributed by atoms with Gasteiger partial charge in [0.15, 0.2) is 10.4 Å². The molecule has 3 heterocycles. The van der Waals surface area contributed by atoms with Crippen molar-refractivity contribution in [2.75, 3.05) is 0 Å². The number of imidazole rings is 1. The van der Waals surface area contributed by atoms with Gasteiger partial charge >= 0.3 is 0 Å². The van der Waals surface area contributed by atoms with Crippen LogP contribution < -0.4 is 0 Å². The molecule has 0 unspecified atom stereocenters. The first-order valence-electron chi connectivity index (χ1n) is 6.09. The van der Waals surface area contributed by atoms with Gasteiger partial charge < -0.3 is 4.98 Å². The SMILES string of the molecule is Cc1ccncc1Cn1c(=S)[nH]c2c(C)nn(C)c21. The summed E-state index contributed by atoms with van der Waals surface area (Å²) in [7, 11) is 1.94. The molecule has 0 saturated heterocycles. The number of fused-ring (bicyclic) bond motifs is 1. The van der Waals surface area contributed by atoms with Gasteiger partial charge in [-0.1, -0.05) is 0 Å². The normalized spacial score (nSPS) is 11.3. The van der Waals surface area contributed by atoms with E-state index < -0.39 is 0 Å². The lowest BCUT2D eigenvalue weighted by atomic mass is 10.1. The molecule has 0 bridgehead atoms. The summed E-state index contributed by atoms with van der Waals surface area (Å²) in [5, 5.41) is 4.42. The van der Waals surface area contributed by atoms with Gasteiger partial charge in [-0.2, -0.15) is 5.10 Å². The summed E-state index contributed by atoms with van der Waals surface area (Å²) in [6.07, 6.45) is 3.69. The number of nitrogens with zero attached hydrogens (tertiary/aromatic N) is 4. The first kappa shape index (κ1) is 12.1. The van der Waals surface area contributed by atoms with Crippen molar-refractivity contribution in [1.82, 2.24) is 24.3 Å². The van der Waals surface area contributed by atoms with Crippen LogP contribution in [0.1, 0.15) is 16.8 Å². The molecule has 3 aromatic heterocycles. The number of rotatable bonds is 2. The molecule has 5 nitrogen and oxygen atoms in total. The van der Waals surface area contributed by atoms with Crippen molar-refractivity contribution in [3.05, 3.63) is 40.1 Å². The molecule has 0 aromatic carbocycles. The summed E-state index contributed by atoms with van der Waals surface area (Å²) < 4.78 is 4.64. The summed E-state index contributed by atoms with van der Waals surface area (Å²) in [5.41, 5.74) is 5.37. The maximum Gasteiger partial charge on any atom is 0.179 e. The molecule has 0 aliphatic carbocycles. The lowest BCUT2D eigenvalue weighted by Crippen LogP contribution is -2.05. The van der Waals surface area contributed by atoms with Crippen LogP contribution in [0.3, 0.4) is 0 Å². The first-order chi connectivity index (χ1) is 9.08. The number of nitrogens with one attached hydrogen (secondary N) is 1. The Kier molecular flexibility index (Phi) is 2.74. The van der Waals surface area contributed by atoms with E-state index in [1.807, 2.05) is 30.9 Å². The molecule has 0 amide bonds. The Morgan fingerprint density at radius 1 is 1.37 bits per heavy atom. The van der Waals surface area contributed by atoms with Crippen LogP contribution in [0.4, 0.5) is 0 Å². The van der Waals surface area contributed by atoms with E-state index in [-0.39, 0.29) is 0 Å². The highest BCUT2D eigenvalue weighted by molar-refractivity contribution is 7.71. The van der Waals surface area contributed by atoms with Crippen molar-refractivity contribution in [1.29, 1.82) is 0 Å². The molecule has 19 heavy (non-hydrogen) atoms. The number of aromatic nitrogens is 5. The van der Waals surface area contributed by atoms with E-state index in [2.05, 4.69) is 26.6 Å². The lowest BCUT2D eigenvalue weighted by molar-refractivity contribution is 0.712. The van der Waals surface area contributed by atoms with Gasteiger partial charge in [0.05, 0.1) is 12.2 Å². The Labute approximate surface area is 115 Å². The second kappa shape index (κ2) is 4.31. The second-order valence-corrected chi connectivity index (χ2v) is 5.11. The Hall–Kier alpha value is -1.95. The van der Waals surface area contributed by atoms with Gasteiger partial charge in [-0.3, -0.25) is 14.2 Å². The molecule has 3 aromatic rings. The summed E-state index contributed by atoms with van der Waals surface area (Å²) in [6, 6.07) is 2.01. The number of pyridine rings is 1. The number of hydrogen-bond donors (Lipinski definition) is 1. The summed E-state index contributed by atoms with van der Waals surface area (Å²) >= 11 is 5.41. The van der Waals surface area contributed by atoms with Gasteiger partial charge in [0.1, 0.15) is 5.52 Å². The topological polar surface area (TPSA) is 51.4 Å². The summed E-state index contributed by atoms with van der Waals surface area (Å²) in [5.74, 6) is 0. The molecule has 0 aliphatic rings. The van der Waals surface area contributed by atoms with E-state index in [1.54, 1.807) is 6.20 Å². The van der Waals surface area contributed by atoms with Gasteiger partial charge in [-0.25, -0.2) is 0 Å². The monoisotopic (exact) mass is 273 g/mol. The molecular formula is C13H15N5S. The van der Waals surface area contributed by atoms with Crippen LogP contribution in [0.2, 0.25) is 0 Å². The predicted molar refractivity (Wildman–Crippen MR) is 76.7 cm³/mol. The van der Waals surface area contributed by atoms with Crippen molar-refractivity contribution in [2.24, 2.45) is 7.05 Å². The zero-order chi connectivity index (χ0) is 13.6. The van der Waals surface area contributed by atoms with E-state index in [0.29, 0.717) is 11.3 Å². The Bertz CT molecular complexity index is 808. The third-order valence-corrected chi connectivity index (χ3v) is 3.72. The molecule has 0 spiro atoms. The van der Waals surface area contributed by atoms with E-state index in [4.69, 9.17) is 12.2 Å². The Morgan fingerprint density at radius 3 is 2.89 bits per heavy atom. The molecule has 98 valence electrons. The van der Waals surface area contributed by atoms with Crippen LogP contribution in [0, 0.1) is 18.6 Å². The molecule has 6 heteroatoms. The maximum absolute atomic E-state index is 5.41. The van der Waals surface area contributed by atoms with Crippen molar-refractivity contribution in [3.8, 4) is 0 Å². The molecule has 0 aliphatic heterocycles. The fourth-order valence-corrected chi connectivity index (χ4v) is 2.60. The number of aromatic amines is 1. The molecular weight excluding hydrogens is 258 g/mol. The van der Waals surface area contributed by atoms with Gasteiger partial charge in [-0.15, -0.1) is 0 Å². The summed E-state index contributed by atoms with van der Waals surface area (Å²) in [4.78, 5) is 7.41. The molecule has 0 atom stereocenters. The molecule has 3 rings (SSSR count). The van der Waals surface area contributed by atoms with E-state index in [0.717, 1.165) is 16.9 Å². The van der Waals surface area contributed by atoms with Crippen LogP contribution in [0.15, 0.2) is 18.5 Å². The Morgan fingerprint density at radius 2 is 2.16 bits per heavy atom. The van der Waals surface area contributed by atoms with Crippen molar-refractivity contribution in [2.45, 2.75) is 20.4 Å². The van der Waals surface area contributed by atoms with Crippen molar-refractivity contribution < 1.29 is 0 Å². The minimum absolute atomic E-state index is 0.706. The molecule has 0 saturated carbocycles. The number of aryl methyl sites for hydroxylation is 3. The third-order valence-electron chi connectivity index (χ3n) is 3.40. The van der Waals surface area contributed by atoms with Gasteiger partial charge in [0.2, 0.25) is 0 Å². The molecule has 0 fully saturated rings. The van der Waals surface area contributed by atoms with E-state index in [9.17, 15) is 0 Å². The Balaban J connectivity index is 2.18. The number of H-pyrrole nitrogens is 1. The maximum atomic E-state index is 5.41. The fourth-order valence-electron chi connectivity index (χ4n) is 2.35. The van der Waals surface area contributed by atoms with Crippen LogP contribution in [-0.4, -0.2) is 24.3 Å². The highest BCUT2D eigenvalue weighted by Gasteiger charge is 2.13. The fraction of sp³-hybridized carbons (Fsp3) is 0.308. The smallest absolute Gasteiger partial charge is 0.179 e. The highest BCUT2D eigenvalue weighted by atomic mass is 32.1. The highest BCUT2D eigenvalue weighted by Crippen LogP contribution is 2.19. The van der Waals surface area contributed by atoms with E-state index in [1.165, 1.54) is 11.1 Å². The van der Waals surface area contributed by atoms with Crippen molar-refractivity contribution >= 4 is 23.4 Å². The van der Waals surface area contributed by atoms with Gasteiger partial charge in [-0.05, 0) is 43.3 Å². The molecule has 0 radical (unpaired) electrons. The number of hydrogen-bond acceptors (Lipinski definition) is 3. The lowest BCUT2D eigenvalue weighted by Gasteiger charge is -2.07. The largest absolute Gasteiger partial charge is 0.328 e. The minimum atomic E-state index is 0.706. The quantitative estimate of drug-likeness (QED) is 0.730. The summed E-state index contributed by atoms with van der Waals surface area (Å²) in [6.45, 7) is 4.77. The average molecular weight is 273 g/mol. The predicted octanol–water partition coefficient (Wildman–Crippen LogP) is 2.49. The average Bonchev–Trinajstić information content (AvgIpc) is 2.82. The third kappa shape index (κ3) is 1.88. The van der Waals surface area contributed by atoms with Gasteiger partial charge in [0, 0.05) is 19.4 Å².